The van der Waals surface area contributed by atoms with Gasteiger partial charge in [0.15, 0.2) is 5.79 Å². The molecule has 2 heterocycles. The first-order valence-corrected chi connectivity index (χ1v) is 9.93. The van der Waals surface area contributed by atoms with Gasteiger partial charge in [-0.2, -0.15) is 11.8 Å². The van der Waals surface area contributed by atoms with E-state index in [1.165, 1.54) is 0 Å². The molecule has 0 aliphatic carbocycles. The van der Waals surface area contributed by atoms with Crippen molar-refractivity contribution in [2.45, 2.75) is 25.4 Å². The third-order valence-electron chi connectivity index (χ3n) is 4.26. The number of hydrogen-bond acceptors (Lipinski definition) is 6. The second kappa shape index (κ2) is 11.2. The molecule has 0 bridgehead atoms. The summed E-state index contributed by atoms with van der Waals surface area (Å²) >= 11 is 1.69. The van der Waals surface area contributed by atoms with E-state index in [0.29, 0.717) is 25.7 Å². The molecule has 1 fully saturated rings. The minimum atomic E-state index is -0.671. The molecule has 1 aromatic carbocycles. The zero-order valence-corrected chi connectivity index (χ0v) is 19.5. The van der Waals surface area contributed by atoms with E-state index in [2.05, 4.69) is 22.0 Å². The summed E-state index contributed by atoms with van der Waals surface area (Å²) in [7, 11) is 0. The van der Waals surface area contributed by atoms with Crippen LogP contribution in [0, 0.1) is 6.92 Å². The van der Waals surface area contributed by atoms with Crippen LogP contribution in [0.5, 0.6) is 5.75 Å². The third-order valence-corrected chi connectivity index (χ3v) is 5.05. The summed E-state index contributed by atoms with van der Waals surface area (Å²) in [5, 5.41) is 4.58. The van der Waals surface area contributed by atoms with Gasteiger partial charge in [0.25, 0.3) is 0 Å². The maximum atomic E-state index is 5.93. The van der Waals surface area contributed by atoms with Crippen LogP contribution in [0.15, 0.2) is 41.5 Å². The van der Waals surface area contributed by atoms with E-state index in [0.717, 1.165) is 34.1 Å². The molecule has 0 spiro atoms. The predicted molar refractivity (Wildman–Crippen MR) is 110 cm³/mol. The van der Waals surface area contributed by atoms with Gasteiger partial charge in [-0.3, -0.25) is 9.98 Å². The maximum absolute atomic E-state index is 5.93. The number of para-hydroxylation sites is 2. The van der Waals surface area contributed by atoms with Gasteiger partial charge < -0.3 is 19.5 Å². The number of aromatic nitrogens is 1. The zero-order chi connectivity index (χ0) is 19.1. The van der Waals surface area contributed by atoms with Crippen molar-refractivity contribution in [3.05, 3.63) is 53.1 Å². The molecular formula is C20H24N3NaO3S. The Morgan fingerprint density at radius 3 is 2.79 bits per heavy atom. The van der Waals surface area contributed by atoms with Gasteiger partial charge >= 0.3 is 29.6 Å². The minimum Gasteiger partial charge on any atom is -0.674 e. The van der Waals surface area contributed by atoms with Crippen LogP contribution in [0.4, 0.5) is 11.4 Å². The molecule has 0 amide bonds. The van der Waals surface area contributed by atoms with Crippen LogP contribution in [-0.2, 0) is 15.2 Å². The quantitative estimate of drug-likeness (QED) is 0.359. The van der Waals surface area contributed by atoms with Gasteiger partial charge in [0.05, 0.1) is 18.9 Å². The molecule has 2 aromatic rings. The SMILES string of the molecule is C=Nc1ccccc1[N-]CSCc1nccc(OCC2(C)OCCO2)c1C.[Na+]. The van der Waals surface area contributed by atoms with Crippen molar-refractivity contribution < 1.29 is 43.8 Å². The van der Waals surface area contributed by atoms with Crippen molar-refractivity contribution in [1.29, 1.82) is 0 Å². The molecule has 144 valence electrons. The Balaban J connectivity index is 0.00000280. The van der Waals surface area contributed by atoms with Crippen molar-refractivity contribution >= 4 is 29.9 Å². The standard InChI is InChI=1S/C20H24N3O3S.Na/c1-15-18(12-27-14-23-17-7-5-4-6-16(17)21-3)22-9-8-19(15)24-13-20(2)25-10-11-26-20;/h4-9H,3,10-14H2,1-2H3;/q-1;+1. The van der Waals surface area contributed by atoms with Gasteiger partial charge in [-0.05, 0) is 32.7 Å². The first-order valence-electron chi connectivity index (χ1n) is 8.77. The number of pyridine rings is 1. The second-order valence-corrected chi connectivity index (χ2v) is 7.24. The molecule has 1 aliphatic heterocycles. The van der Waals surface area contributed by atoms with E-state index < -0.39 is 5.79 Å². The van der Waals surface area contributed by atoms with Crippen LogP contribution in [0.25, 0.3) is 5.32 Å². The van der Waals surface area contributed by atoms with Gasteiger partial charge in [0, 0.05) is 23.2 Å². The molecule has 3 rings (SSSR count). The van der Waals surface area contributed by atoms with Gasteiger partial charge in [-0.15, -0.1) is 5.69 Å². The van der Waals surface area contributed by atoms with Crippen molar-refractivity contribution in [2.24, 2.45) is 4.99 Å². The molecule has 0 atom stereocenters. The van der Waals surface area contributed by atoms with Crippen molar-refractivity contribution in [3.63, 3.8) is 0 Å². The van der Waals surface area contributed by atoms with E-state index in [4.69, 9.17) is 14.2 Å². The summed E-state index contributed by atoms with van der Waals surface area (Å²) in [4.78, 5) is 8.47. The molecule has 0 unspecified atom stereocenters. The molecule has 0 radical (unpaired) electrons. The number of thioether (sulfide) groups is 1. The topological polar surface area (TPSA) is 67.0 Å². The van der Waals surface area contributed by atoms with Crippen LogP contribution < -0.4 is 34.3 Å². The molecule has 28 heavy (non-hydrogen) atoms. The normalized spacial score (nSPS) is 14.9. The Morgan fingerprint density at radius 1 is 1.29 bits per heavy atom. The number of aliphatic imine (C=N–C) groups is 1. The smallest absolute Gasteiger partial charge is 0.674 e. The molecular weight excluding hydrogens is 385 g/mol. The Bertz CT molecular complexity index is 785. The minimum absolute atomic E-state index is 0. The summed E-state index contributed by atoms with van der Waals surface area (Å²) in [5.74, 6) is 1.51. The summed E-state index contributed by atoms with van der Waals surface area (Å²) in [6.07, 6.45) is 1.77. The summed E-state index contributed by atoms with van der Waals surface area (Å²) < 4.78 is 17.1. The number of ether oxygens (including phenoxy) is 3. The number of rotatable bonds is 9. The molecule has 0 saturated carbocycles. The summed E-state index contributed by atoms with van der Waals surface area (Å²) in [6.45, 7) is 9.05. The van der Waals surface area contributed by atoms with E-state index in [-0.39, 0.29) is 29.6 Å². The van der Waals surface area contributed by atoms with Crippen LogP contribution in [-0.4, -0.2) is 43.2 Å². The number of benzene rings is 1. The van der Waals surface area contributed by atoms with E-state index in [1.54, 1.807) is 18.0 Å². The molecule has 8 heteroatoms. The number of nitrogens with zero attached hydrogens (tertiary/aromatic N) is 3. The molecule has 1 saturated heterocycles. The molecule has 0 N–H and O–H groups in total. The zero-order valence-electron chi connectivity index (χ0n) is 16.7. The van der Waals surface area contributed by atoms with Gasteiger partial charge in [0.2, 0.25) is 0 Å². The third kappa shape index (κ3) is 6.20. The Kier molecular flexibility index (Phi) is 9.27. The van der Waals surface area contributed by atoms with Crippen molar-refractivity contribution in [1.82, 2.24) is 4.98 Å². The monoisotopic (exact) mass is 409 g/mol. The van der Waals surface area contributed by atoms with Gasteiger partial charge in [0.1, 0.15) is 12.4 Å². The molecule has 6 nitrogen and oxygen atoms in total. The summed E-state index contributed by atoms with van der Waals surface area (Å²) in [5.41, 5.74) is 3.67. The van der Waals surface area contributed by atoms with E-state index in [9.17, 15) is 0 Å². The van der Waals surface area contributed by atoms with Crippen LogP contribution in [0.2, 0.25) is 0 Å². The van der Waals surface area contributed by atoms with Crippen molar-refractivity contribution in [2.75, 3.05) is 25.7 Å². The average molecular weight is 409 g/mol. The Hall–Kier alpha value is -1.09. The predicted octanol–water partition coefficient (Wildman–Crippen LogP) is 1.76. The van der Waals surface area contributed by atoms with Crippen LogP contribution in [0.1, 0.15) is 18.2 Å². The number of hydrogen-bond donors (Lipinski definition) is 0. The van der Waals surface area contributed by atoms with Gasteiger partial charge in [-0.25, -0.2) is 0 Å². The summed E-state index contributed by atoms with van der Waals surface area (Å²) in [6, 6.07) is 9.59. The van der Waals surface area contributed by atoms with Crippen LogP contribution >= 0.6 is 11.8 Å². The first-order chi connectivity index (χ1) is 13.1. The van der Waals surface area contributed by atoms with Crippen LogP contribution in [0.3, 0.4) is 0 Å². The Labute approximate surface area is 192 Å². The molecule has 1 aliphatic rings. The second-order valence-electron chi connectivity index (χ2n) is 6.28. The maximum Gasteiger partial charge on any atom is 1.00 e. The molecule has 1 aromatic heterocycles. The van der Waals surface area contributed by atoms with E-state index >= 15 is 0 Å². The first kappa shape index (κ1) is 23.2. The fourth-order valence-electron chi connectivity index (χ4n) is 2.70. The fourth-order valence-corrected chi connectivity index (χ4v) is 3.50. The average Bonchev–Trinajstić information content (AvgIpc) is 3.12. The van der Waals surface area contributed by atoms with Crippen molar-refractivity contribution in [3.8, 4) is 5.75 Å². The fraction of sp³-hybridized carbons (Fsp3) is 0.400. The largest absolute Gasteiger partial charge is 1.00 e. The van der Waals surface area contributed by atoms with Gasteiger partial charge in [-0.1, -0.05) is 24.1 Å². The van der Waals surface area contributed by atoms with E-state index in [1.807, 2.05) is 44.2 Å². The Morgan fingerprint density at radius 2 is 2.04 bits per heavy atom.